The predicted octanol–water partition coefficient (Wildman–Crippen LogP) is 3.47. The van der Waals surface area contributed by atoms with Crippen molar-refractivity contribution in [1.82, 2.24) is 0 Å². The Balaban J connectivity index is 2.10. The molecule has 5 heteroatoms. The van der Waals surface area contributed by atoms with Gasteiger partial charge in [-0.05, 0) is 43.7 Å². The summed E-state index contributed by atoms with van der Waals surface area (Å²) >= 11 is 0. The molecule has 3 N–H and O–H groups in total. The molecule has 0 heterocycles. The molecule has 0 aliphatic rings. The molecular weight excluding hydrogens is 290 g/mol. The third-order valence-corrected chi connectivity index (χ3v) is 3.20. The molecule has 0 atom stereocenters. The maximum atomic E-state index is 12.1. The molecule has 0 fully saturated rings. The van der Waals surface area contributed by atoms with E-state index in [1.165, 1.54) is 6.20 Å². The number of nitrogens with one attached hydrogen (secondary N) is 2. The monoisotopic (exact) mass is 307 g/mol. The van der Waals surface area contributed by atoms with E-state index in [1.807, 2.05) is 38.1 Å². The van der Waals surface area contributed by atoms with E-state index in [4.69, 9.17) is 5.26 Å². The summed E-state index contributed by atoms with van der Waals surface area (Å²) in [7, 11) is 0. The van der Waals surface area contributed by atoms with Gasteiger partial charge in [0, 0.05) is 11.9 Å². The van der Waals surface area contributed by atoms with E-state index < -0.39 is 5.91 Å². The Morgan fingerprint density at radius 3 is 2.39 bits per heavy atom. The van der Waals surface area contributed by atoms with Crippen LogP contribution in [0, 0.1) is 25.2 Å². The van der Waals surface area contributed by atoms with Gasteiger partial charge in [-0.1, -0.05) is 23.8 Å². The van der Waals surface area contributed by atoms with Crippen LogP contribution in [0.4, 0.5) is 11.4 Å². The number of rotatable bonds is 4. The van der Waals surface area contributed by atoms with Gasteiger partial charge >= 0.3 is 0 Å². The van der Waals surface area contributed by atoms with E-state index in [9.17, 15) is 9.90 Å². The number of hydrogen-bond acceptors (Lipinski definition) is 4. The van der Waals surface area contributed by atoms with Gasteiger partial charge in [0.2, 0.25) is 0 Å². The molecule has 0 unspecified atom stereocenters. The molecule has 5 nitrogen and oxygen atoms in total. The number of nitriles is 1. The van der Waals surface area contributed by atoms with E-state index in [0.29, 0.717) is 11.4 Å². The minimum absolute atomic E-state index is 0.0532. The lowest BCUT2D eigenvalue weighted by Crippen LogP contribution is -2.14. The molecule has 2 aromatic rings. The Hall–Kier alpha value is -3.26. The van der Waals surface area contributed by atoms with Crippen molar-refractivity contribution in [2.45, 2.75) is 13.8 Å². The number of nitrogens with zero attached hydrogens (tertiary/aromatic N) is 1. The van der Waals surface area contributed by atoms with Crippen LogP contribution in [0.5, 0.6) is 5.75 Å². The van der Waals surface area contributed by atoms with Gasteiger partial charge in [-0.3, -0.25) is 4.79 Å². The summed E-state index contributed by atoms with van der Waals surface area (Å²) in [6, 6.07) is 14.2. The topological polar surface area (TPSA) is 85.2 Å². The highest BCUT2D eigenvalue weighted by atomic mass is 16.3. The molecule has 0 aliphatic heterocycles. The molecule has 0 aliphatic carbocycles. The average molecular weight is 307 g/mol. The van der Waals surface area contributed by atoms with Crippen LogP contribution in [0.15, 0.2) is 54.2 Å². The largest absolute Gasteiger partial charge is 0.506 e. The summed E-state index contributed by atoms with van der Waals surface area (Å²) in [4.78, 5) is 12.1. The average Bonchev–Trinajstić information content (AvgIpc) is 2.52. The quantitative estimate of drug-likeness (QED) is 0.459. The lowest BCUT2D eigenvalue weighted by Gasteiger charge is -2.07. The fourth-order valence-electron chi connectivity index (χ4n) is 1.90. The van der Waals surface area contributed by atoms with Crippen molar-refractivity contribution >= 4 is 17.3 Å². The number of anilines is 2. The first-order valence-corrected chi connectivity index (χ1v) is 7.04. The van der Waals surface area contributed by atoms with Crippen LogP contribution in [0.2, 0.25) is 0 Å². The molecular formula is C18H17N3O2. The summed E-state index contributed by atoms with van der Waals surface area (Å²) in [6.45, 7) is 3.80. The Kier molecular flexibility index (Phi) is 5.00. The molecule has 116 valence electrons. The molecule has 0 radical (unpaired) electrons. The summed E-state index contributed by atoms with van der Waals surface area (Å²) in [5, 5.41) is 24.3. The summed E-state index contributed by atoms with van der Waals surface area (Å²) in [6.07, 6.45) is 1.27. The van der Waals surface area contributed by atoms with E-state index in [1.54, 1.807) is 24.3 Å². The SMILES string of the molecule is Cc1ccc(NC(=O)/C(C#N)=C\Nc2ccc(C)cc2O)cc1. The normalized spacial score (nSPS) is 10.7. The molecule has 0 spiro atoms. The van der Waals surface area contributed by atoms with Crippen molar-refractivity contribution in [2.24, 2.45) is 0 Å². The van der Waals surface area contributed by atoms with Gasteiger partial charge in [0.15, 0.2) is 0 Å². The summed E-state index contributed by atoms with van der Waals surface area (Å²) in [5.74, 6) is -0.465. The highest BCUT2D eigenvalue weighted by Crippen LogP contribution is 2.24. The minimum atomic E-state index is -0.518. The number of hydrogen-bond donors (Lipinski definition) is 3. The molecule has 23 heavy (non-hydrogen) atoms. The molecule has 0 aromatic heterocycles. The first kappa shape index (κ1) is 16.1. The van der Waals surface area contributed by atoms with Crippen LogP contribution in [0.25, 0.3) is 0 Å². The highest BCUT2D eigenvalue weighted by molar-refractivity contribution is 6.06. The molecule has 2 rings (SSSR count). The van der Waals surface area contributed by atoms with Gasteiger partial charge in [-0.25, -0.2) is 0 Å². The molecule has 0 saturated carbocycles. The minimum Gasteiger partial charge on any atom is -0.506 e. The Bertz CT molecular complexity index is 787. The van der Waals surface area contributed by atoms with Crippen molar-refractivity contribution in [2.75, 3.05) is 10.6 Å². The smallest absolute Gasteiger partial charge is 0.267 e. The summed E-state index contributed by atoms with van der Waals surface area (Å²) < 4.78 is 0. The number of aromatic hydroxyl groups is 1. The maximum Gasteiger partial charge on any atom is 0.267 e. The van der Waals surface area contributed by atoms with E-state index in [0.717, 1.165) is 11.1 Å². The Morgan fingerprint density at radius 2 is 1.78 bits per heavy atom. The fourth-order valence-corrected chi connectivity index (χ4v) is 1.90. The number of carbonyl (C=O) groups is 1. The first-order valence-electron chi connectivity index (χ1n) is 7.04. The number of benzene rings is 2. The zero-order valence-electron chi connectivity index (χ0n) is 12.9. The predicted molar refractivity (Wildman–Crippen MR) is 90.0 cm³/mol. The van der Waals surface area contributed by atoms with Crippen molar-refractivity contribution in [1.29, 1.82) is 5.26 Å². The van der Waals surface area contributed by atoms with Crippen molar-refractivity contribution in [3.8, 4) is 11.8 Å². The van der Waals surface area contributed by atoms with Crippen molar-refractivity contribution < 1.29 is 9.90 Å². The number of amides is 1. The van der Waals surface area contributed by atoms with Gasteiger partial charge in [-0.2, -0.15) is 5.26 Å². The Labute approximate surface area is 134 Å². The molecule has 0 saturated heterocycles. The zero-order chi connectivity index (χ0) is 16.8. The fraction of sp³-hybridized carbons (Fsp3) is 0.111. The lowest BCUT2D eigenvalue weighted by atomic mass is 10.2. The van der Waals surface area contributed by atoms with Crippen LogP contribution in [0.3, 0.4) is 0 Å². The molecule has 2 aromatic carbocycles. The van der Waals surface area contributed by atoms with Crippen LogP contribution in [0.1, 0.15) is 11.1 Å². The number of phenols is 1. The second kappa shape index (κ2) is 7.14. The number of aryl methyl sites for hydroxylation is 2. The van der Waals surface area contributed by atoms with Crippen LogP contribution >= 0.6 is 0 Å². The maximum absolute atomic E-state index is 12.1. The van der Waals surface area contributed by atoms with Crippen LogP contribution in [-0.4, -0.2) is 11.0 Å². The Morgan fingerprint density at radius 1 is 1.13 bits per heavy atom. The van der Waals surface area contributed by atoms with E-state index >= 15 is 0 Å². The highest BCUT2D eigenvalue weighted by Gasteiger charge is 2.09. The van der Waals surface area contributed by atoms with Gasteiger partial charge in [0.05, 0.1) is 5.69 Å². The zero-order valence-corrected chi connectivity index (χ0v) is 12.9. The standard InChI is InChI=1S/C18H17N3O2/c1-12-3-6-15(7-4-12)21-18(23)14(10-19)11-20-16-8-5-13(2)9-17(16)22/h3-9,11,20,22H,1-2H3,(H,21,23)/b14-11-. The van der Waals surface area contributed by atoms with Gasteiger partial charge in [0.25, 0.3) is 5.91 Å². The van der Waals surface area contributed by atoms with Gasteiger partial charge < -0.3 is 15.7 Å². The third kappa shape index (κ3) is 4.35. The van der Waals surface area contributed by atoms with E-state index in [2.05, 4.69) is 10.6 Å². The summed E-state index contributed by atoms with van der Waals surface area (Å²) in [5.41, 5.74) is 2.93. The first-order chi connectivity index (χ1) is 11.0. The van der Waals surface area contributed by atoms with Crippen molar-refractivity contribution in [3.63, 3.8) is 0 Å². The van der Waals surface area contributed by atoms with E-state index in [-0.39, 0.29) is 11.3 Å². The van der Waals surface area contributed by atoms with Gasteiger partial charge in [0.1, 0.15) is 17.4 Å². The lowest BCUT2D eigenvalue weighted by molar-refractivity contribution is -0.112. The second-order valence-electron chi connectivity index (χ2n) is 5.15. The van der Waals surface area contributed by atoms with Crippen LogP contribution < -0.4 is 10.6 Å². The van der Waals surface area contributed by atoms with Gasteiger partial charge in [-0.15, -0.1) is 0 Å². The molecule has 1 amide bonds. The molecule has 0 bridgehead atoms. The number of phenolic OH excluding ortho intramolecular Hbond substituents is 1. The van der Waals surface area contributed by atoms with Crippen LogP contribution in [-0.2, 0) is 4.79 Å². The second-order valence-corrected chi connectivity index (χ2v) is 5.15. The van der Waals surface area contributed by atoms with Crippen molar-refractivity contribution in [3.05, 3.63) is 65.4 Å². The third-order valence-electron chi connectivity index (χ3n) is 3.20. The number of carbonyl (C=O) groups excluding carboxylic acids is 1.